The quantitative estimate of drug-likeness (QED) is 0.623. The maximum absolute atomic E-state index is 12.5. The van der Waals surface area contributed by atoms with E-state index >= 15 is 0 Å². The summed E-state index contributed by atoms with van der Waals surface area (Å²) in [5.41, 5.74) is 1.87. The van der Waals surface area contributed by atoms with Gasteiger partial charge in [0.2, 0.25) is 5.91 Å². The van der Waals surface area contributed by atoms with Crippen LogP contribution in [0.5, 0.6) is 5.75 Å². The lowest BCUT2D eigenvalue weighted by molar-refractivity contribution is -0.130. The first-order valence-corrected chi connectivity index (χ1v) is 9.48. The van der Waals surface area contributed by atoms with Crippen LogP contribution in [0.4, 0.5) is 4.79 Å². The molecule has 0 unspecified atom stereocenters. The van der Waals surface area contributed by atoms with Crippen LogP contribution in [0.2, 0.25) is 0 Å². The van der Waals surface area contributed by atoms with Crippen molar-refractivity contribution >= 4 is 17.8 Å². The minimum absolute atomic E-state index is 0.0776. The first-order valence-electron chi connectivity index (χ1n) is 9.48. The number of aromatic nitrogens is 1. The molecule has 1 aliphatic heterocycles. The number of benzene rings is 1. The molecule has 2 aromatic rings. The normalized spacial score (nSPS) is 15.9. The number of nitrogens with zero attached hydrogens (tertiary/aromatic N) is 2. The maximum Gasteiger partial charge on any atom is 0.324 e. The zero-order valence-corrected chi connectivity index (χ0v) is 16.3. The molecule has 8 heteroatoms. The minimum Gasteiger partial charge on any atom is -0.497 e. The number of pyridine rings is 1. The van der Waals surface area contributed by atoms with Crippen molar-refractivity contribution in [3.05, 3.63) is 59.9 Å². The van der Waals surface area contributed by atoms with Crippen molar-refractivity contribution in [2.24, 2.45) is 0 Å². The lowest BCUT2D eigenvalue weighted by Crippen LogP contribution is -2.37. The van der Waals surface area contributed by atoms with E-state index in [1.807, 2.05) is 42.5 Å². The number of hydrogen-bond acceptors (Lipinski definition) is 5. The van der Waals surface area contributed by atoms with Crippen molar-refractivity contribution in [3.63, 3.8) is 0 Å². The molecule has 1 aromatic carbocycles. The van der Waals surface area contributed by atoms with Gasteiger partial charge in [-0.3, -0.25) is 19.5 Å². The highest BCUT2D eigenvalue weighted by Crippen LogP contribution is 2.14. The fourth-order valence-electron chi connectivity index (χ4n) is 3.09. The van der Waals surface area contributed by atoms with Crippen molar-refractivity contribution in [2.75, 3.05) is 20.2 Å². The molecule has 1 aromatic heterocycles. The summed E-state index contributed by atoms with van der Waals surface area (Å²) in [7, 11) is 1.59. The Morgan fingerprint density at radius 2 is 1.97 bits per heavy atom. The van der Waals surface area contributed by atoms with Crippen LogP contribution >= 0.6 is 0 Å². The van der Waals surface area contributed by atoms with Crippen LogP contribution in [0.25, 0.3) is 0 Å². The van der Waals surface area contributed by atoms with Crippen molar-refractivity contribution < 1.29 is 19.1 Å². The number of carbonyl (C=O) groups is 3. The highest BCUT2D eigenvalue weighted by molar-refractivity contribution is 6.05. The van der Waals surface area contributed by atoms with Gasteiger partial charge in [-0.25, -0.2) is 4.79 Å². The predicted octanol–water partition coefficient (Wildman–Crippen LogP) is 1.30. The second kappa shape index (κ2) is 9.68. The molecule has 29 heavy (non-hydrogen) atoms. The van der Waals surface area contributed by atoms with Crippen LogP contribution in [0.3, 0.4) is 0 Å². The predicted molar refractivity (Wildman–Crippen MR) is 106 cm³/mol. The van der Waals surface area contributed by atoms with Gasteiger partial charge in [-0.2, -0.15) is 0 Å². The summed E-state index contributed by atoms with van der Waals surface area (Å²) < 4.78 is 5.12. The van der Waals surface area contributed by atoms with Crippen LogP contribution in [-0.4, -0.2) is 54.0 Å². The molecule has 0 spiro atoms. The number of hydrogen-bond donors (Lipinski definition) is 2. The SMILES string of the molecule is COc1ccc(CCN2C(=O)N[C@H](CC(=O)NCCc3ccccn3)C2=O)cc1. The molecule has 1 atom stereocenters. The minimum atomic E-state index is -0.826. The smallest absolute Gasteiger partial charge is 0.324 e. The molecule has 0 radical (unpaired) electrons. The summed E-state index contributed by atoms with van der Waals surface area (Å²) in [5, 5.41) is 5.36. The Bertz CT molecular complexity index is 855. The molecule has 2 N–H and O–H groups in total. The number of rotatable bonds is 9. The van der Waals surface area contributed by atoms with Gasteiger partial charge in [0.25, 0.3) is 5.91 Å². The second-order valence-corrected chi connectivity index (χ2v) is 6.72. The molecule has 0 bridgehead atoms. The van der Waals surface area contributed by atoms with E-state index < -0.39 is 12.1 Å². The zero-order valence-electron chi connectivity index (χ0n) is 16.3. The third-order valence-corrected chi connectivity index (χ3v) is 4.71. The van der Waals surface area contributed by atoms with Gasteiger partial charge in [0, 0.05) is 31.4 Å². The fourth-order valence-corrected chi connectivity index (χ4v) is 3.09. The second-order valence-electron chi connectivity index (χ2n) is 6.72. The van der Waals surface area contributed by atoms with Crippen molar-refractivity contribution in [1.29, 1.82) is 0 Å². The summed E-state index contributed by atoms with van der Waals surface area (Å²) in [4.78, 5) is 42.1. The van der Waals surface area contributed by atoms with Gasteiger partial charge in [0.05, 0.1) is 13.5 Å². The summed E-state index contributed by atoms with van der Waals surface area (Å²) in [5.74, 6) is 0.0952. The third kappa shape index (κ3) is 5.54. The molecule has 8 nitrogen and oxygen atoms in total. The van der Waals surface area contributed by atoms with E-state index in [1.165, 1.54) is 0 Å². The van der Waals surface area contributed by atoms with Gasteiger partial charge >= 0.3 is 6.03 Å². The van der Waals surface area contributed by atoms with Crippen molar-refractivity contribution in [2.45, 2.75) is 25.3 Å². The Kier molecular flexibility index (Phi) is 6.78. The van der Waals surface area contributed by atoms with Crippen molar-refractivity contribution in [3.8, 4) is 5.75 Å². The summed E-state index contributed by atoms with van der Waals surface area (Å²) >= 11 is 0. The van der Waals surface area contributed by atoms with E-state index in [1.54, 1.807) is 13.3 Å². The highest BCUT2D eigenvalue weighted by Gasteiger charge is 2.38. The number of ether oxygens (including phenoxy) is 1. The van der Waals surface area contributed by atoms with E-state index in [-0.39, 0.29) is 24.8 Å². The van der Waals surface area contributed by atoms with Gasteiger partial charge in [-0.05, 0) is 36.2 Å². The Morgan fingerprint density at radius 3 is 2.66 bits per heavy atom. The molecule has 152 valence electrons. The average molecular weight is 396 g/mol. The molecule has 0 aliphatic carbocycles. The van der Waals surface area contributed by atoms with E-state index in [0.29, 0.717) is 19.4 Å². The number of urea groups is 1. The average Bonchev–Trinajstić information content (AvgIpc) is 3.00. The van der Waals surface area contributed by atoms with Gasteiger partial charge < -0.3 is 15.4 Å². The maximum atomic E-state index is 12.5. The Balaban J connectivity index is 1.44. The lowest BCUT2D eigenvalue weighted by Gasteiger charge is -2.13. The van der Waals surface area contributed by atoms with Gasteiger partial charge in [-0.15, -0.1) is 0 Å². The lowest BCUT2D eigenvalue weighted by atomic mass is 10.1. The molecule has 0 saturated carbocycles. The molecule has 4 amide bonds. The molecular weight excluding hydrogens is 372 g/mol. The van der Waals surface area contributed by atoms with Crippen LogP contribution < -0.4 is 15.4 Å². The number of methoxy groups -OCH3 is 1. The van der Waals surface area contributed by atoms with Gasteiger partial charge in [0.15, 0.2) is 0 Å². The topological polar surface area (TPSA) is 101 Å². The zero-order chi connectivity index (χ0) is 20.6. The number of imide groups is 1. The van der Waals surface area contributed by atoms with Gasteiger partial charge in [-0.1, -0.05) is 18.2 Å². The van der Waals surface area contributed by atoms with Crippen molar-refractivity contribution in [1.82, 2.24) is 20.5 Å². The summed E-state index contributed by atoms with van der Waals surface area (Å²) in [6.45, 7) is 0.681. The standard InChI is InChI=1S/C21H24N4O4/c1-29-17-7-5-15(6-8-17)10-13-25-20(27)18(24-21(25)28)14-19(26)23-12-9-16-4-2-3-11-22-16/h2-8,11,18H,9-10,12-14H2,1H3,(H,23,26)(H,24,28)/t18-/m1/s1. The van der Waals surface area contributed by atoms with Crippen LogP contribution in [0.1, 0.15) is 17.7 Å². The third-order valence-electron chi connectivity index (χ3n) is 4.71. The fraction of sp³-hybridized carbons (Fsp3) is 0.333. The molecule has 3 rings (SSSR count). The molecule has 1 aliphatic rings. The molecule has 2 heterocycles. The Hall–Kier alpha value is -3.42. The van der Waals surface area contributed by atoms with Crippen LogP contribution in [0, 0.1) is 0 Å². The molecular formula is C21H24N4O4. The van der Waals surface area contributed by atoms with E-state index in [2.05, 4.69) is 15.6 Å². The van der Waals surface area contributed by atoms with E-state index in [4.69, 9.17) is 4.74 Å². The Morgan fingerprint density at radius 1 is 1.17 bits per heavy atom. The number of carbonyl (C=O) groups excluding carboxylic acids is 3. The monoisotopic (exact) mass is 396 g/mol. The number of amides is 4. The highest BCUT2D eigenvalue weighted by atomic mass is 16.5. The largest absolute Gasteiger partial charge is 0.497 e. The van der Waals surface area contributed by atoms with Crippen LogP contribution in [0.15, 0.2) is 48.7 Å². The number of nitrogens with one attached hydrogen (secondary N) is 2. The molecule has 1 saturated heterocycles. The summed E-state index contributed by atoms with van der Waals surface area (Å²) in [6, 6.07) is 11.8. The van der Waals surface area contributed by atoms with Crippen LogP contribution in [-0.2, 0) is 22.4 Å². The first kappa shape index (κ1) is 20.3. The molecule has 1 fully saturated rings. The Labute approximate surface area is 169 Å². The summed E-state index contributed by atoms with van der Waals surface area (Å²) in [6.07, 6.45) is 2.76. The van der Waals surface area contributed by atoms with E-state index in [9.17, 15) is 14.4 Å². The van der Waals surface area contributed by atoms with Gasteiger partial charge in [0.1, 0.15) is 11.8 Å². The first-order chi connectivity index (χ1) is 14.1. The van der Waals surface area contributed by atoms with E-state index in [0.717, 1.165) is 21.9 Å².